The monoisotopic (exact) mass is 521 g/mol. The molecule has 0 unspecified atom stereocenters. The van der Waals surface area contributed by atoms with Gasteiger partial charge < -0.3 is 5.11 Å². The molecule has 2 aromatic carbocycles. The van der Waals surface area contributed by atoms with Crippen molar-refractivity contribution in [2.24, 2.45) is 0 Å². The predicted octanol–water partition coefficient (Wildman–Crippen LogP) is 5.53. The van der Waals surface area contributed by atoms with Crippen molar-refractivity contribution < 1.29 is 9.90 Å². The first-order valence-corrected chi connectivity index (χ1v) is 12.6. The van der Waals surface area contributed by atoms with Crippen LogP contribution in [-0.2, 0) is 6.61 Å². The molecule has 2 N–H and O–H groups in total. The largest absolute Gasteiger partial charge is 0.390 e. The molecule has 0 aliphatic carbocycles. The van der Waals surface area contributed by atoms with Crippen molar-refractivity contribution >= 4 is 29.1 Å². The molecule has 9 heteroatoms. The van der Waals surface area contributed by atoms with Crippen molar-refractivity contribution in [3.63, 3.8) is 0 Å². The van der Waals surface area contributed by atoms with Gasteiger partial charge in [0, 0.05) is 41.8 Å². The standard InChI is InChI=1S/C27H25Cl2N5O2/c28-20-8-11-22(23(29)15-20)26-31-25(27(36)32-33-13-2-1-3-14-33)24(17-35)34(26)21-9-6-18(7-10-21)19-5-4-12-30-16-19/h4-12,15-16,35H,1-3,13-14,17H2,(H,32,36). The van der Waals surface area contributed by atoms with E-state index >= 15 is 0 Å². The summed E-state index contributed by atoms with van der Waals surface area (Å²) < 4.78 is 1.77. The van der Waals surface area contributed by atoms with E-state index in [4.69, 9.17) is 28.2 Å². The number of carbonyl (C=O) groups excluding carboxylic acids is 1. The first-order chi connectivity index (χ1) is 17.5. The second-order valence-corrected chi connectivity index (χ2v) is 9.47. The Morgan fingerprint density at radius 2 is 1.78 bits per heavy atom. The summed E-state index contributed by atoms with van der Waals surface area (Å²) in [4.78, 5) is 22.2. The molecule has 1 aliphatic rings. The fourth-order valence-electron chi connectivity index (χ4n) is 4.45. The van der Waals surface area contributed by atoms with Gasteiger partial charge in [-0.1, -0.05) is 47.8 Å². The number of hydrogen-bond donors (Lipinski definition) is 2. The molecule has 0 bridgehead atoms. The molecule has 0 radical (unpaired) electrons. The maximum absolute atomic E-state index is 13.3. The molecule has 0 saturated carbocycles. The Kier molecular flexibility index (Phi) is 7.34. The number of halogens is 2. The number of piperidine rings is 1. The first-order valence-electron chi connectivity index (χ1n) is 11.8. The van der Waals surface area contributed by atoms with Crippen LogP contribution in [0.1, 0.15) is 35.4 Å². The van der Waals surface area contributed by atoms with E-state index in [1.54, 1.807) is 35.2 Å². The van der Waals surface area contributed by atoms with Gasteiger partial charge in [-0.25, -0.2) is 9.99 Å². The predicted molar refractivity (Wildman–Crippen MR) is 141 cm³/mol. The third-order valence-electron chi connectivity index (χ3n) is 6.25. The van der Waals surface area contributed by atoms with Crippen LogP contribution in [0.25, 0.3) is 28.2 Å². The van der Waals surface area contributed by atoms with Gasteiger partial charge in [-0.2, -0.15) is 0 Å². The zero-order chi connectivity index (χ0) is 25.1. The van der Waals surface area contributed by atoms with E-state index < -0.39 is 0 Å². The van der Waals surface area contributed by atoms with Gasteiger partial charge in [0.15, 0.2) is 5.69 Å². The summed E-state index contributed by atoms with van der Waals surface area (Å²) in [6.07, 6.45) is 6.73. The van der Waals surface area contributed by atoms with E-state index in [2.05, 4.69) is 10.4 Å². The van der Waals surface area contributed by atoms with Crippen LogP contribution in [-0.4, -0.2) is 43.6 Å². The van der Waals surface area contributed by atoms with Gasteiger partial charge in [0.2, 0.25) is 0 Å². The lowest BCUT2D eigenvalue weighted by atomic mass is 10.1. The van der Waals surface area contributed by atoms with E-state index in [1.807, 2.05) is 41.4 Å². The zero-order valence-corrected chi connectivity index (χ0v) is 21.0. The van der Waals surface area contributed by atoms with Gasteiger partial charge in [-0.15, -0.1) is 0 Å². The summed E-state index contributed by atoms with van der Waals surface area (Å²) in [6, 6.07) is 16.8. The lowest BCUT2D eigenvalue weighted by Crippen LogP contribution is -2.45. The van der Waals surface area contributed by atoms with Gasteiger partial charge in [0.1, 0.15) is 5.82 Å². The van der Waals surface area contributed by atoms with Crippen LogP contribution >= 0.6 is 23.2 Å². The molecular weight excluding hydrogens is 497 g/mol. The number of carbonyl (C=O) groups is 1. The van der Waals surface area contributed by atoms with Crippen LogP contribution in [0.4, 0.5) is 0 Å². The molecule has 5 rings (SSSR count). The molecule has 36 heavy (non-hydrogen) atoms. The minimum Gasteiger partial charge on any atom is -0.390 e. The minimum atomic E-state index is -0.384. The lowest BCUT2D eigenvalue weighted by Gasteiger charge is -2.26. The molecule has 4 aromatic rings. The molecule has 184 valence electrons. The number of amides is 1. The molecule has 1 aliphatic heterocycles. The Hall–Kier alpha value is -3.23. The Labute approximate surface area is 219 Å². The maximum Gasteiger partial charge on any atom is 0.286 e. The van der Waals surface area contributed by atoms with E-state index in [-0.39, 0.29) is 18.2 Å². The topological polar surface area (TPSA) is 83.3 Å². The van der Waals surface area contributed by atoms with E-state index in [0.29, 0.717) is 27.1 Å². The van der Waals surface area contributed by atoms with Gasteiger partial charge >= 0.3 is 0 Å². The highest BCUT2D eigenvalue weighted by molar-refractivity contribution is 6.36. The van der Waals surface area contributed by atoms with Gasteiger partial charge in [0.05, 0.1) is 17.3 Å². The number of hydrogen-bond acceptors (Lipinski definition) is 5. The molecule has 1 amide bonds. The Bertz CT molecular complexity index is 1370. The van der Waals surface area contributed by atoms with Gasteiger partial charge in [-0.3, -0.25) is 19.8 Å². The fraction of sp³-hybridized carbons (Fsp3) is 0.222. The quantitative estimate of drug-likeness (QED) is 0.348. The van der Waals surface area contributed by atoms with Crippen LogP contribution in [0.2, 0.25) is 10.0 Å². The molecule has 7 nitrogen and oxygen atoms in total. The van der Waals surface area contributed by atoms with Crippen LogP contribution in [0, 0.1) is 0 Å². The lowest BCUT2D eigenvalue weighted by molar-refractivity contribution is 0.0742. The van der Waals surface area contributed by atoms with Crippen molar-refractivity contribution in [1.82, 2.24) is 25.0 Å². The number of nitrogens with one attached hydrogen (secondary N) is 1. The molecule has 0 spiro atoms. The number of aliphatic hydroxyl groups excluding tert-OH is 1. The van der Waals surface area contributed by atoms with Crippen molar-refractivity contribution in [3.05, 3.63) is 88.4 Å². The summed E-state index contributed by atoms with van der Waals surface area (Å²) in [7, 11) is 0. The highest BCUT2D eigenvalue weighted by Gasteiger charge is 2.26. The summed E-state index contributed by atoms with van der Waals surface area (Å²) in [5, 5.41) is 13.2. The van der Waals surface area contributed by atoms with Gasteiger partial charge in [-0.05, 0) is 60.4 Å². The molecular formula is C27H25Cl2N5O2. The van der Waals surface area contributed by atoms with Crippen LogP contribution in [0.15, 0.2) is 67.0 Å². The molecule has 1 fully saturated rings. The van der Waals surface area contributed by atoms with Crippen molar-refractivity contribution in [1.29, 1.82) is 0 Å². The normalized spacial score (nSPS) is 14.1. The maximum atomic E-state index is 13.3. The minimum absolute atomic E-state index is 0.153. The summed E-state index contributed by atoms with van der Waals surface area (Å²) >= 11 is 12.7. The molecule has 3 heterocycles. The van der Waals surface area contributed by atoms with Crippen molar-refractivity contribution in [3.8, 4) is 28.2 Å². The highest BCUT2D eigenvalue weighted by atomic mass is 35.5. The van der Waals surface area contributed by atoms with Crippen molar-refractivity contribution in [2.45, 2.75) is 25.9 Å². The molecule has 0 atom stereocenters. The van der Waals surface area contributed by atoms with E-state index in [9.17, 15) is 9.90 Å². The first kappa shape index (κ1) is 24.5. The summed E-state index contributed by atoms with van der Waals surface area (Å²) in [5.41, 5.74) is 6.79. The Morgan fingerprint density at radius 1 is 1.00 bits per heavy atom. The fourth-order valence-corrected chi connectivity index (χ4v) is 4.94. The third kappa shape index (κ3) is 5.01. The Morgan fingerprint density at radius 3 is 2.44 bits per heavy atom. The second-order valence-electron chi connectivity index (χ2n) is 8.63. The third-order valence-corrected chi connectivity index (χ3v) is 6.79. The number of benzene rings is 2. The number of nitrogens with zero attached hydrogens (tertiary/aromatic N) is 4. The van der Waals surface area contributed by atoms with E-state index in [1.165, 1.54) is 0 Å². The average Bonchev–Trinajstić information content (AvgIpc) is 3.29. The van der Waals surface area contributed by atoms with Crippen LogP contribution in [0.3, 0.4) is 0 Å². The summed E-state index contributed by atoms with van der Waals surface area (Å²) in [6.45, 7) is 1.19. The summed E-state index contributed by atoms with van der Waals surface area (Å²) in [5.74, 6) is 0.0802. The SMILES string of the molecule is O=C(NN1CCCCC1)c1nc(-c2ccc(Cl)cc2Cl)n(-c2ccc(-c3cccnc3)cc2)c1CO. The average molecular weight is 522 g/mol. The van der Waals surface area contributed by atoms with Crippen LogP contribution in [0.5, 0.6) is 0 Å². The molecule has 2 aromatic heterocycles. The smallest absolute Gasteiger partial charge is 0.286 e. The van der Waals surface area contributed by atoms with E-state index in [0.717, 1.165) is 49.2 Å². The second kappa shape index (κ2) is 10.8. The van der Waals surface area contributed by atoms with Crippen LogP contribution < -0.4 is 5.43 Å². The number of pyridine rings is 1. The zero-order valence-electron chi connectivity index (χ0n) is 19.5. The molecule has 1 saturated heterocycles. The number of imidazole rings is 1. The van der Waals surface area contributed by atoms with Gasteiger partial charge in [0.25, 0.3) is 5.91 Å². The number of aromatic nitrogens is 3. The Balaban J connectivity index is 1.61. The number of hydrazine groups is 1. The number of aliphatic hydroxyl groups is 1. The highest BCUT2D eigenvalue weighted by Crippen LogP contribution is 2.34. The van der Waals surface area contributed by atoms with Crippen molar-refractivity contribution in [2.75, 3.05) is 13.1 Å². The number of rotatable bonds is 6.